The molecule has 2 aromatic rings. The number of carbonyl (C=O) groups is 2. The summed E-state index contributed by atoms with van der Waals surface area (Å²) < 4.78 is 1.74. The van der Waals surface area contributed by atoms with Crippen LogP contribution >= 0.6 is 11.3 Å². The Kier molecular flexibility index (Phi) is 4.40. The molecule has 8 heteroatoms. The molecule has 0 atom stereocenters. The quantitative estimate of drug-likeness (QED) is 0.841. The number of hydrogen-bond donors (Lipinski definition) is 0. The molecule has 0 saturated carbocycles. The first-order valence-corrected chi connectivity index (χ1v) is 8.75. The topological polar surface area (TPSA) is 71.3 Å². The average Bonchev–Trinajstić information content (AvgIpc) is 3.25. The van der Waals surface area contributed by atoms with Crippen molar-refractivity contribution < 1.29 is 9.59 Å². The molecule has 7 nitrogen and oxygen atoms in total. The van der Waals surface area contributed by atoms with Crippen LogP contribution in [0.1, 0.15) is 28.3 Å². The molecular formula is C16H21N5O2S. The molecule has 0 unspecified atom stereocenters. The number of amides is 2. The molecule has 0 N–H and O–H groups in total. The van der Waals surface area contributed by atoms with Crippen molar-refractivity contribution in [1.82, 2.24) is 24.6 Å². The van der Waals surface area contributed by atoms with Crippen LogP contribution in [0.25, 0.3) is 0 Å². The maximum atomic E-state index is 12.8. The molecule has 24 heavy (non-hydrogen) atoms. The average molecular weight is 347 g/mol. The SMILES string of the molecule is Cc1nc(C(=O)N2CCC(C(=O)N(C)C)(n3cccn3)CC2)cs1. The summed E-state index contributed by atoms with van der Waals surface area (Å²) in [4.78, 5) is 33.0. The Bertz CT molecular complexity index is 729. The number of nitrogens with zero attached hydrogens (tertiary/aromatic N) is 5. The highest BCUT2D eigenvalue weighted by Gasteiger charge is 2.45. The van der Waals surface area contributed by atoms with Crippen molar-refractivity contribution in [2.45, 2.75) is 25.3 Å². The van der Waals surface area contributed by atoms with Crippen molar-refractivity contribution in [2.24, 2.45) is 0 Å². The Hall–Kier alpha value is -2.22. The van der Waals surface area contributed by atoms with Crippen LogP contribution in [0, 0.1) is 6.92 Å². The second kappa shape index (κ2) is 6.35. The highest BCUT2D eigenvalue weighted by molar-refractivity contribution is 7.09. The van der Waals surface area contributed by atoms with E-state index in [2.05, 4.69) is 10.1 Å². The van der Waals surface area contributed by atoms with Gasteiger partial charge in [-0.2, -0.15) is 5.10 Å². The Morgan fingerprint density at radius 3 is 2.50 bits per heavy atom. The molecule has 0 bridgehead atoms. The van der Waals surface area contributed by atoms with E-state index in [1.807, 2.05) is 19.2 Å². The van der Waals surface area contributed by atoms with E-state index in [4.69, 9.17) is 0 Å². The number of hydrogen-bond acceptors (Lipinski definition) is 5. The minimum Gasteiger partial charge on any atom is -0.347 e. The lowest BCUT2D eigenvalue weighted by Crippen LogP contribution is -2.55. The van der Waals surface area contributed by atoms with Crippen LogP contribution in [0.5, 0.6) is 0 Å². The summed E-state index contributed by atoms with van der Waals surface area (Å²) in [5.41, 5.74) is -0.232. The van der Waals surface area contributed by atoms with Gasteiger partial charge in [0.25, 0.3) is 5.91 Å². The molecule has 1 fully saturated rings. The highest BCUT2D eigenvalue weighted by atomic mass is 32.1. The zero-order valence-electron chi connectivity index (χ0n) is 14.1. The van der Waals surface area contributed by atoms with Crippen LogP contribution in [0.3, 0.4) is 0 Å². The number of carbonyl (C=O) groups excluding carboxylic acids is 2. The summed E-state index contributed by atoms with van der Waals surface area (Å²) in [6.07, 6.45) is 4.59. The normalized spacial score (nSPS) is 16.9. The molecule has 2 amide bonds. The Balaban J connectivity index is 1.80. The van der Waals surface area contributed by atoms with Gasteiger partial charge in [0.05, 0.1) is 5.01 Å². The molecule has 2 aromatic heterocycles. The van der Waals surface area contributed by atoms with E-state index in [1.165, 1.54) is 11.3 Å². The number of piperidine rings is 1. The van der Waals surface area contributed by atoms with Crippen LogP contribution < -0.4 is 0 Å². The molecule has 0 spiro atoms. The van der Waals surface area contributed by atoms with Crippen LogP contribution in [0.2, 0.25) is 0 Å². The van der Waals surface area contributed by atoms with Gasteiger partial charge in [-0.05, 0) is 25.8 Å². The van der Waals surface area contributed by atoms with Gasteiger partial charge < -0.3 is 9.80 Å². The number of likely N-dealkylation sites (N-methyl/N-ethyl adjacent to an activating group) is 1. The second-order valence-electron chi connectivity index (χ2n) is 6.23. The Morgan fingerprint density at radius 2 is 2.00 bits per heavy atom. The van der Waals surface area contributed by atoms with E-state index in [1.54, 1.807) is 40.2 Å². The minimum atomic E-state index is -0.720. The highest BCUT2D eigenvalue weighted by Crippen LogP contribution is 2.32. The van der Waals surface area contributed by atoms with Gasteiger partial charge in [0.15, 0.2) is 0 Å². The Morgan fingerprint density at radius 1 is 1.29 bits per heavy atom. The van der Waals surface area contributed by atoms with E-state index in [0.717, 1.165) is 5.01 Å². The first-order chi connectivity index (χ1) is 11.4. The molecule has 3 rings (SSSR count). The zero-order chi connectivity index (χ0) is 17.3. The predicted octanol–water partition coefficient (Wildman–Crippen LogP) is 1.37. The third-order valence-corrected chi connectivity index (χ3v) is 5.24. The molecule has 0 aromatic carbocycles. The number of rotatable bonds is 3. The number of aryl methyl sites for hydroxylation is 1. The molecule has 1 aliphatic heterocycles. The summed E-state index contributed by atoms with van der Waals surface area (Å²) in [5.74, 6) is -0.0477. The fourth-order valence-electron chi connectivity index (χ4n) is 3.18. The van der Waals surface area contributed by atoms with Crippen LogP contribution in [-0.2, 0) is 10.3 Å². The molecule has 0 aliphatic carbocycles. The molecule has 3 heterocycles. The van der Waals surface area contributed by atoms with Crippen molar-refractivity contribution in [2.75, 3.05) is 27.2 Å². The van der Waals surface area contributed by atoms with Crippen molar-refractivity contribution in [3.05, 3.63) is 34.5 Å². The molecule has 128 valence electrons. The van der Waals surface area contributed by atoms with Gasteiger partial charge in [-0.3, -0.25) is 14.3 Å². The van der Waals surface area contributed by atoms with E-state index in [-0.39, 0.29) is 11.8 Å². The van der Waals surface area contributed by atoms with Gasteiger partial charge in [0, 0.05) is 45.0 Å². The first kappa shape index (κ1) is 16.6. The summed E-state index contributed by atoms with van der Waals surface area (Å²) >= 11 is 1.47. The second-order valence-corrected chi connectivity index (χ2v) is 7.29. The minimum absolute atomic E-state index is 0.0165. The van der Waals surface area contributed by atoms with Crippen molar-refractivity contribution in [3.63, 3.8) is 0 Å². The largest absolute Gasteiger partial charge is 0.347 e. The van der Waals surface area contributed by atoms with E-state index in [0.29, 0.717) is 31.6 Å². The number of likely N-dealkylation sites (tertiary alicyclic amines) is 1. The fourth-order valence-corrected chi connectivity index (χ4v) is 3.77. The van der Waals surface area contributed by atoms with Crippen molar-refractivity contribution >= 4 is 23.2 Å². The van der Waals surface area contributed by atoms with E-state index >= 15 is 0 Å². The molecule has 0 radical (unpaired) electrons. The van der Waals surface area contributed by atoms with Gasteiger partial charge in [-0.1, -0.05) is 0 Å². The first-order valence-electron chi connectivity index (χ1n) is 7.87. The van der Waals surface area contributed by atoms with Crippen molar-refractivity contribution in [1.29, 1.82) is 0 Å². The lowest BCUT2D eigenvalue weighted by atomic mass is 9.86. The lowest BCUT2D eigenvalue weighted by molar-refractivity contribution is -0.141. The summed E-state index contributed by atoms with van der Waals surface area (Å²) in [6.45, 7) is 2.90. The molecule has 1 aliphatic rings. The zero-order valence-corrected chi connectivity index (χ0v) is 14.9. The van der Waals surface area contributed by atoms with E-state index < -0.39 is 5.54 Å². The standard InChI is InChI=1S/C16H21N5O2S/c1-12-18-13(11-24-12)14(22)20-9-5-16(6-10-20,15(23)19(2)3)21-8-4-7-17-21/h4,7-8,11H,5-6,9-10H2,1-3H3. The van der Waals surface area contributed by atoms with Gasteiger partial charge >= 0.3 is 0 Å². The van der Waals surface area contributed by atoms with Crippen LogP contribution in [0.15, 0.2) is 23.8 Å². The van der Waals surface area contributed by atoms with E-state index in [9.17, 15) is 9.59 Å². The van der Waals surface area contributed by atoms with Crippen molar-refractivity contribution in [3.8, 4) is 0 Å². The van der Waals surface area contributed by atoms with Gasteiger partial charge in [-0.25, -0.2) is 4.98 Å². The maximum Gasteiger partial charge on any atom is 0.273 e. The monoisotopic (exact) mass is 347 g/mol. The molecule has 1 saturated heterocycles. The molecular weight excluding hydrogens is 326 g/mol. The van der Waals surface area contributed by atoms with Crippen LogP contribution in [0.4, 0.5) is 0 Å². The third kappa shape index (κ3) is 2.82. The third-order valence-electron chi connectivity index (χ3n) is 4.46. The lowest BCUT2D eigenvalue weighted by Gasteiger charge is -2.41. The maximum absolute atomic E-state index is 12.8. The summed E-state index contributed by atoms with van der Waals surface area (Å²) in [7, 11) is 3.51. The predicted molar refractivity (Wildman–Crippen MR) is 90.9 cm³/mol. The van der Waals surface area contributed by atoms with Gasteiger partial charge in [0.1, 0.15) is 11.2 Å². The van der Waals surface area contributed by atoms with Gasteiger partial charge in [0.2, 0.25) is 5.91 Å². The smallest absolute Gasteiger partial charge is 0.273 e. The number of aromatic nitrogens is 3. The van der Waals surface area contributed by atoms with Crippen LogP contribution in [-0.4, -0.2) is 63.6 Å². The Labute approximate surface area is 144 Å². The summed E-state index contributed by atoms with van der Waals surface area (Å²) in [5, 5.41) is 6.97. The fraction of sp³-hybridized carbons (Fsp3) is 0.500. The van der Waals surface area contributed by atoms with Gasteiger partial charge in [-0.15, -0.1) is 11.3 Å². The number of thiazole rings is 1. The summed E-state index contributed by atoms with van der Waals surface area (Å²) in [6, 6.07) is 1.82.